The molecule has 1 fully saturated rings. The van der Waals surface area contributed by atoms with Crippen LogP contribution in [0.3, 0.4) is 0 Å². The van der Waals surface area contributed by atoms with Crippen LogP contribution in [-0.2, 0) is 28.5 Å². The first-order chi connectivity index (χ1) is 27.8. The Bertz CT molecular complexity index is 1070. The average molecular weight is 807 g/mol. The van der Waals surface area contributed by atoms with Gasteiger partial charge in [-0.05, 0) is 51.4 Å². The minimum absolute atomic E-state index is 0.154. The van der Waals surface area contributed by atoms with Crippen LogP contribution in [0.1, 0.15) is 181 Å². The van der Waals surface area contributed by atoms with Gasteiger partial charge in [0.25, 0.3) is 0 Å². The second-order valence-corrected chi connectivity index (χ2v) is 15.5. The molecule has 1 aliphatic rings. The van der Waals surface area contributed by atoms with Crippen molar-refractivity contribution in [2.24, 2.45) is 0 Å². The highest BCUT2D eigenvalue weighted by Gasteiger charge is 2.44. The van der Waals surface area contributed by atoms with Gasteiger partial charge in [0.05, 0.1) is 13.2 Å². The summed E-state index contributed by atoms with van der Waals surface area (Å²) in [6.45, 7) is 3.34. The molecule has 330 valence electrons. The molecule has 0 aromatic rings. The third-order valence-corrected chi connectivity index (χ3v) is 10.2. The predicted molar refractivity (Wildman–Crippen MR) is 229 cm³/mol. The molecule has 1 aliphatic heterocycles. The van der Waals surface area contributed by atoms with E-state index in [2.05, 4.69) is 56.4 Å². The molecule has 4 N–H and O–H groups in total. The number of esters is 2. The molecule has 6 atom stereocenters. The molecular formula is C47H82O10. The molecule has 10 heteroatoms. The first-order valence-electron chi connectivity index (χ1n) is 22.7. The van der Waals surface area contributed by atoms with Crippen LogP contribution in [-0.4, -0.2) is 89.0 Å². The van der Waals surface area contributed by atoms with Crippen molar-refractivity contribution in [1.29, 1.82) is 0 Å². The lowest BCUT2D eigenvalue weighted by atomic mass is 9.99. The van der Waals surface area contributed by atoms with E-state index in [-0.39, 0.29) is 32.0 Å². The van der Waals surface area contributed by atoms with Gasteiger partial charge in [0.1, 0.15) is 31.0 Å². The lowest BCUT2D eigenvalue weighted by molar-refractivity contribution is -0.305. The van der Waals surface area contributed by atoms with Gasteiger partial charge in [-0.3, -0.25) is 9.59 Å². The second kappa shape index (κ2) is 37.9. The minimum Gasteiger partial charge on any atom is -0.462 e. The summed E-state index contributed by atoms with van der Waals surface area (Å²) in [5, 5.41) is 40.1. The zero-order chi connectivity index (χ0) is 41.6. The second-order valence-electron chi connectivity index (χ2n) is 15.5. The average Bonchev–Trinajstić information content (AvgIpc) is 3.21. The summed E-state index contributed by atoms with van der Waals surface area (Å²) in [6, 6.07) is 0. The van der Waals surface area contributed by atoms with E-state index in [4.69, 9.17) is 18.9 Å². The Kier molecular flexibility index (Phi) is 35.0. The zero-order valence-corrected chi connectivity index (χ0v) is 35.8. The van der Waals surface area contributed by atoms with E-state index in [1.54, 1.807) is 0 Å². The maximum absolute atomic E-state index is 12.7. The highest BCUT2D eigenvalue weighted by molar-refractivity contribution is 5.70. The Morgan fingerprint density at radius 2 is 1.00 bits per heavy atom. The van der Waals surface area contributed by atoms with Crippen molar-refractivity contribution in [3.8, 4) is 0 Å². The number of ether oxygens (including phenoxy) is 4. The van der Waals surface area contributed by atoms with E-state index >= 15 is 0 Å². The molecule has 1 rings (SSSR count). The maximum Gasteiger partial charge on any atom is 0.306 e. The third kappa shape index (κ3) is 29.5. The van der Waals surface area contributed by atoms with Gasteiger partial charge >= 0.3 is 11.9 Å². The fraction of sp³-hybridized carbons (Fsp3) is 0.787. The summed E-state index contributed by atoms with van der Waals surface area (Å²) in [6.07, 6.45) is 36.9. The van der Waals surface area contributed by atoms with Gasteiger partial charge in [0.15, 0.2) is 12.4 Å². The number of aliphatic hydroxyl groups excluding tert-OH is 4. The number of hydrogen-bond acceptors (Lipinski definition) is 10. The van der Waals surface area contributed by atoms with E-state index in [0.29, 0.717) is 12.8 Å². The topological polar surface area (TPSA) is 152 Å². The Hall–Kier alpha value is -2.34. The van der Waals surface area contributed by atoms with Crippen molar-refractivity contribution in [3.05, 3.63) is 48.6 Å². The van der Waals surface area contributed by atoms with E-state index in [1.165, 1.54) is 96.3 Å². The summed E-state index contributed by atoms with van der Waals surface area (Å²) in [7, 11) is 0. The number of aliphatic hydroxyl groups is 4. The smallest absolute Gasteiger partial charge is 0.306 e. The molecule has 0 aromatic heterocycles. The Morgan fingerprint density at radius 3 is 1.53 bits per heavy atom. The maximum atomic E-state index is 12.7. The lowest BCUT2D eigenvalue weighted by Gasteiger charge is -2.39. The van der Waals surface area contributed by atoms with Crippen LogP contribution in [0, 0.1) is 0 Å². The van der Waals surface area contributed by atoms with Crippen molar-refractivity contribution in [1.82, 2.24) is 0 Å². The summed E-state index contributed by atoms with van der Waals surface area (Å²) in [5.74, 6) is -0.870. The van der Waals surface area contributed by atoms with Crippen LogP contribution in [0.4, 0.5) is 0 Å². The number of allylic oxidation sites excluding steroid dienone is 8. The summed E-state index contributed by atoms with van der Waals surface area (Å²) < 4.78 is 22.1. The Labute approximate surface area is 346 Å². The van der Waals surface area contributed by atoms with Crippen LogP contribution in [0.25, 0.3) is 0 Å². The van der Waals surface area contributed by atoms with Crippen molar-refractivity contribution >= 4 is 11.9 Å². The highest BCUT2D eigenvalue weighted by atomic mass is 16.7. The molecule has 1 saturated heterocycles. The van der Waals surface area contributed by atoms with Crippen LogP contribution in [0.5, 0.6) is 0 Å². The van der Waals surface area contributed by atoms with E-state index in [1.807, 2.05) is 6.08 Å². The van der Waals surface area contributed by atoms with Crippen LogP contribution in [0.15, 0.2) is 48.6 Å². The van der Waals surface area contributed by atoms with Crippen LogP contribution in [0.2, 0.25) is 0 Å². The van der Waals surface area contributed by atoms with Gasteiger partial charge in [-0.2, -0.15) is 0 Å². The van der Waals surface area contributed by atoms with Gasteiger partial charge in [-0.15, -0.1) is 0 Å². The molecule has 0 radical (unpaired) electrons. The van der Waals surface area contributed by atoms with E-state index < -0.39 is 49.4 Å². The number of carbonyl (C=O) groups is 2. The molecule has 0 aliphatic carbocycles. The molecule has 0 bridgehead atoms. The standard InChI is InChI=1S/C47H82O10/c1-3-5-7-9-11-13-15-17-19-20-22-24-26-28-30-32-34-36-43(50)56-40(39-55-47-46(53)45(52)44(51)41(37-48)57-47)38-54-42(49)35-33-31-29-27-25-23-21-18-16-14-12-10-8-6-4-2/h11,13,17,19,22,24,28,30,40-41,44-48,51-53H,3-10,12,14-16,18,20-21,23,25-27,29,31-39H2,1-2H3/b13-11+,19-17+,24-22+,30-28+/t40-,41-,44+,45?,46?,47-/m1/s1. The Morgan fingerprint density at radius 1 is 0.544 bits per heavy atom. The zero-order valence-electron chi connectivity index (χ0n) is 35.8. The number of unbranched alkanes of at least 4 members (excludes halogenated alkanes) is 18. The molecule has 1 heterocycles. The van der Waals surface area contributed by atoms with Crippen LogP contribution < -0.4 is 0 Å². The molecule has 0 saturated carbocycles. The molecule has 0 aromatic carbocycles. The van der Waals surface area contributed by atoms with Gasteiger partial charge in [-0.25, -0.2) is 0 Å². The van der Waals surface area contributed by atoms with Gasteiger partial charge in [0.2, 0.25) is 0 Å². The number of carbonyl (C=O) groups excluding carboxylic acids is 2. The quantitative estimate of drug-likeness (QED) is 0.0271. The van der Waals surface area contributed by atoms with Crippen molar-refractivity contribution in [2.75, 3.05) is 19.8 Å². The molecular weight excluding hydrogens is 725 g/mol. The molecule has 2 unspecified atom stereocenters. The minimum atomic E-state index is -1.60. The van der Waals surface area contributed by atoms with Crippen molar-refractivity contribution < 1.29 is 49.0 Å². The monoisotopic (exact) mass is 807 g/mol. The first-order valence-corrected chi connectivity index (χ1v) is 22.7. The Balaban J connectivity index is 2.37. The van der Waals surface area contributed by atoms with Gasteiger partial charge in [-0.1, -0.05) is 165 Å². The number of rotatable bonds is 37. The SMILES string of the molecule is CCCCC/C=C/C/C=C/C/C=C/C/C=C/CCCC(=O)O[C@H](COC(=O)CCCCCCCCCCCCCCCCC)CO[C@@H]1O[C@H](CO)[C@H](O)C(O)C1O. The molecule has 0 spiro atoms. The van der Waals surface area contributed by atoms with Gasteiger partial charge < -0.3 is 39.4 Å². The lowest BCUT2D eigenvalue weighted by Crippen LogP contribution is -2.59. The van der Waals surface area contributed by atoms with Crippen molar-refractivity contribution in [2.45, 2.75) is 218 Å². The summed E-state index contributed by atoms with van der Waals surface area (Å²) in [4.78, 5) is 25.3. The predicted octanol–water partition coefficient (Wildman–Crippen LogP) is 9.67. The van der Waals surface area contributed by atoms with Crippen molar-refractivity contribution in [3.63, 3.8) is 0 Å². The third-order valence-electron chi connectivity index (χ3n) is 10.2. The molecule has 0 amide bonds. The summed E-state index contributed by atoms with van der Waals surface area (Å²) in [5.41, 5.74) is 0. The van der Waals surface area contributed by atoms with E-state index in [0.717, 1.165) is 44.9 Å². The molecule has 10 nitrogen and oxygen atoms in total. The fourth-order valence-corrected chi connectivity index (χ4v) is 6.59. The summed E-state index contributed by atoms with van der Waals surface area (Å²) >= 11 is 0. The fourth-order valence-electron chi connectivity index (χ4n) is 6.59. The first kappa shape index (κ1) is 52.7. The van der Waals surface area contributed by atoms with Crippen LogP contribution >= 0.6 is 0 Å². The number of hydrogen-bond donors (Lipinski definition) is 4. The molecule has 57 heavy (non-hydrogen) atoms. The highest BCUT2D eigenvalue weighted by Crippen LogP contribution is 2.22. The largest absolute Gasteiger partial charge is 0.462 e. The normalized spacial score (nSPS) is 20.7. The van der Waals surface area contributed by atoms with Gasteiger partial charge in [0, 0.05) is 12.8 Å². The van der Waals surface area contributed by atoms with E-state index in [9.17, 15) is 30.0 Å².